The third-order valence-electron chi connectivity index (χ3n) is 3.36. The van der Waals surface area contributed by atoms with Crippen molar-refractivity contribution in [3.05, 3.63) is 12.0 Å². The molecule has 0 spiro atoms. The summed E-state index contributed by atoms with van der Waals surface area (Å²) in [5.41, 5.74) is 0. The van der Waals surface area contributed by atoms with E-state index in [2.05, 4.69) is 13.5 Å². The summed E-state index contributed by atoms with van der Waals surface area (Å²) < 4.78 is 0.654. The summed E-state index contributed by atoms with van der Waals surface area (Å²) in [6.45, 7) is 6.22. The molecule has 0 bridgehead atoms. The highest BCUT2D eigenvalue weighted by atomic mass is 32.2. The maximum absolute atomic E-state index is 3.83. The molecule has 0 saturated heterocycles. The van der Waals surface area contributed by atoms with E-state index in [0.29, 0.717) is 4.75 Å². The molecule has 0 heterocycles. The Morgan fingerprint density at radius 2 is 2.45 bits per heavy atom. The maximum atomic E-state index is 3.83. The van der Waals surface area contributed by atoms with E-state index in [4.69, 9.17) is 0 Å². The average Bonchev–Trinajstić information content (AvgIpc) is 2.15. The predicted octanol–water partition coefficient (Wildman–Crippen LogP) is 3.44. The van der Waals surface area contributed by atoms with Crippen molar-refractivity contribution in [2.75, 3.05) is 0 Å². The first-order chi connectivity index (χ1) is 5.27. The fourth-order valence-corrected chi connectivity index (χ4v) is 4.15. The first kappa shape index (κ1) is 7.72. The molecular weight excluding hydrogens is 152 g/mol. The highest BCUT2D eigenvalue weighted by Gasteiger charge is 2.51. The molecule has 3 atom stereocenters. The zero-order valence-corrected chi connectivity index (χ0v) is 7.99. The molecule has 1 heteroatoms. The summed E-state index contributed by atoms with van der Waals surface area (Å²) >= 11 is 2.00. The van der Waals surface area contributed by atoms with Gasteiger partial charge in [-0.3, -0.25) is 0 Å². The van der Waals surface area contributed by atoms with Gasteiger partial charge in [-0.1, -0.05) is 13.5 Å². The lowest BCUT2D eigenvalue weighted by Crippen LogP contribution is -2.38. The van der Waals surface area contributed by atoms with Crippen LogP contribution in [-0.4, -0.2) is 4.75 Å². The molecule has 0 aromatic carbocycles. The molecule has 0 N–H and O–H groups in total. The maximum Gasteiger partial charge on any atom is 0.0232 e. The molecule has 0 nitrogen and oxygen atoms in total. The minimum Gasteiger partial charge on any atom is -0.128 e. The molecule has 62 valence electrons. The normalized spacial score (nSPS) is 48.1. The van der Waals surface area contributed by atoms with Gasteiger partial charge in [0.2, 0.25) is 0 Å². The monoisotopic (exact) mass is 168 g/mol. The molecule has 2 unspecified atom stereocenters. The van der Waals surface area contributed by atoms with E-state index in [1.54, 1.807) is 0 Å². The summed E-state index contributed by atoms with van der Waals surface area (Å²) in [4.78, 5) is 0. The Hall–Kier alpha value is 0.0900. The van der Waals surface area contributed by atoms with Gasteiger partial charge < -0.3 is 0 Å². The van der Waals surface area contributed by atoms with Crippen LogP contribution in [0.2, 0.25) is 0 Å². The van der Waals surface area contributed by atoms with Gasteiger partial charge in [-0.15, -0.1) is 11.8 Å². The lowest BCUT2D eigenvalue weighted by molar-refractivity contribution is 0.260. The third kappa shape index (κ3) is 1.05. The second kappa shape index (κ2) is 2.55. The van der Waals surface area contributed by atoms with E-state index >= 15 is 0 Å². The van der Waals surface area contributed by atoms with Gasteiger partial charge in [-0.25, -0.2) is 0 Å². The smallest absolute Gasteiger partial charge is 0.0232 e. The first-order valence-electron chi connectivity index (χ1n) is 4.55. The molecule has 2 fully saturated rings. The van der Waals surface area contributed by atoms with E-state index in [1.165, 1.54) is 25.7 Å². The van der Waals surface area contributed by atoms with Gasteiger partial charge in [0.15, 0.2) is 0 Å². The van der Waals surface area contributed by atoms with Crippen molar-refractivity contribution >= 4 is 11.8 Å². The van der Waals surface area contributed by atoms with Crippen LogP contribution in [-0.2, 0) is 0 Å². The highest BCUT2D eigenvalue weighted by Crippen LogP contribution is 2.60. The molecule has 2 aliphatic carbocycles. The summed E-state index contributed by atoms with van der Waals surface area (Å²) in [5, 5.41) is 2.05. The van der Waals surface area contributed by atoms with Crippen LogP contribution < -0.4 is 0 Å². The van der Waals surface area contributed by atoms with E-state index in [-0.39, 0.29) is 0 Å². The van der Waals surface area contributed by atoms with Crippen LogP contribution in [0.3, 0.4) is 0 Å². The topological polar surface area (TPSA) is 0 Å². The SMILES string of the molecule is C=CS[C@@]12CCC1CC(C)C2. The van der Waals surface area contributed by atoms with Crippen molar-refractivity contribution in [1.82, 2.24) is 0 Å². The standard InChI is InChI=1S/C10H16S/c1-3-11-10-5-4-9(10)6-8(2)7-10/h3,8-9H,1,4-7H2,2H3/t8?,9?,10-/m1/s1. The zero-order valence-electron chi connectivity index (χ0n) is 7.18. The molecule has 0 aliphatic heterocycles. The van der Waals surface area contributed by atoms with E-state index < -0.39 is 0 Å². The largest absolute Gasteiger partial charge is 0.128 e. The second-order valence-corrected chi connectivity index (χ2v) is 5.51. The molecule has 11 heavy (non-hydrogen) atoms. The molecular formula is C10H16S. The van der Waals surface area contributed by atoms with Gasteiger partial charge in [0.05, 0.1) is 0 Å². The molecule has 2 aliphatic rings. The summed E-state index contributed by atoms with van der Waals surface area (Å²) in [6.07, 6.45) is 5.83. The van der Waals surface area contributed by atoms with Crippen LogP contribution in [0.5, 0.6) is 0 Å². The summed E-state index contributed by atoms with van der Waals surface area (Å²) in [6, 6.07) is 0. The molecule has 0 amide bonds. The van der Waals surface area contributed by atoms with Crippen molar-refractivity contribution < 1.29 is 0 Å². The van der Waals surface area contributed by atoms with Gasteiger partial charge in [0, 0.05) is 4.75 Å². The Kier molecular flexibility index (Phi) is 1.79. The van der Waals surface area contributed by atoms with Crippen molar-refractivity contribution in [1.29, 1.82) is 0 Å². The molecule has 2 rings (SSSR count). The summed E-state index contributed by atoms with van der Waals surface area (Å²) in [7, 11) is 0. The molecule has 0 aromatic rings. The van der Waals surface area contributed by atoms with Gasteiger partial charge in [-0.2, -0.15) is 0 Å². The average molecular weight is 168 g/mol. The molecule has 0 radical (unpaired) electrons. The van der Waals surface area contributed by atoms with E-state index in [1.807, 2.05) is 17.2 Å². The van der Waals surface area contributed by atoms with Crippen LogP contribution in [0.25, 0.3) is 0 Å². The van der Waals surface area contributed by atoms with Crippen LogP contribution in [0, 0.1) is 11.8 Å². The number of hydrogen-bond donors (Lipinski definition) is 0. The molecule has 0 aromatic heterocycles. The fourth-order valence-electron chi connectivity index (χ4n) is 2.80. The number of fused-ring (bicyclic) bond motifs is 1. The molecule has 2 saturated carbocycles. The van der Waals surface area contributed by atoms with E-state index in [0.717, 1.165) is 11.8 Å². The van der Waals surface area contributed by atoms with Gasteiger partial charge >= 0.3 is 0 Å². The van der Waals surface area contributed by atoms with Gasteiger partial charge in [0.1, 0.15) is 0 Å². The van der Waals surface area contributed by atoms with Crippen LogP contribution >= 0.6 is 11.8 Å². The van der Waals surface area contributed by atoms with Crippen LogP contribution in [0.1, 0.15) is 32.6 Å². The lowest BCUT2D eigenvalue weighted by Gasteiger charge is -2.43. The Labute approximate surface area is 73.4 Å². The Bertz CT molecular complexity index is 176. The van der Waals surface area contributed by atoms with Crippen LogP contribution in [0.4, 0.5) is 0 Å². The van der Waals surface area contributed by atoms with E-state index in [9.17, 15) is 0 Å². The predicted molar refractivity (Wildman–Crippen MR) is 51.6 cm³/mol. The minimum atomic E-state index is 0.654. The number of rotatable bonds is 2. The lowest BCUT2D eigenvalue weighted by atomic mass is 9.75. The van der Waals surface area contributed by atoms with Crippen molar-refractivity contribution in [2.24, 2.45) is 11.8 Å². The van der Waals surface area contributed by atoms with Crippen molar-refractivity contribution in [3.8, 4) is 0 Å². The highest BCUT2D eigenvalue weighted by molar-refractivity contribution is 8.03. The van der Waals surface area contributed by atoms with Crippen LogP contribution in [0.15, 0.2) is 12.0 Å². The Morgan fingerprint density at radius 3 is 2.91 bits per heavy atom. The fraction of sp³-hybridized carbons (Fsp3) is 0.800. The second-order valence-electron chi connectivity index (χ2n) is 4.13. The van der Waals surface area contributed by atoms with Gasteiger partial charge in [0.25, 0.3) is 0 Å². The Morgan fingerprint density at radius 1 is 1.64 bits per heavy atom. The first-order valence-corrected chi connectivity index (χ1v) is 5.43. The number of hydrogen-bond acceptors (Lipinski definition) is 1. The number of thioether (sulfide) groups is 1. The van der Waals surface area contributed by atoms with Gasteiger partial charge in [-0.05, 0) is 42.9 Å². The minimum absolute atomic E-state index is 0.654. The van der Waals surface area contributed by atoms with Crippen molar-refractivity contribution in [2.45, 2.75) is 37.4 Å². The Balaban J connectivity index is 2.07. The third-order valence-corrected chi connectivity index (χ3v) is 4.70. The van der Waals surface area contributed by atoms with Crippen molar-refractivity contribution in [3.63, 3.8) is 0 Å². The zero-order chi connectivity index (χ0) is 7.90. The quantitative estimate of drug-likeness (QED) is 0.608. The summed E-state index contributed by atoms with van der Waals surface area (Å²) in [5.74, 6) is 2.00.